The molecule has 1 heteroatoms. The second-order valence-electron chi connectivity index (χ2n) is 5.65. The molecular formula is C16H20O. The minimum Gasteiger partial charge on any atom is -0.294 e. The summed E-state index contributed by atoms with van der Waals surface area (Å²) in [6, 6.07) is 8.30. The summed E-state index contributed by atoms with van der Waals surface area (Å²) in [7, 11) is 0. The number of hydrogen-bond donors (Lipinski definition) is 0. The van der Waals surface area contributed by atoms with Crippen LogP contribution in [-0.2, 0) is 0 Å². The van der Waals surface area contributed by atoms with Gasteiger partial charge in [0.1, 0.15) is 0 Å². The minimum atomic E-state index is 0.309. The third kappa shape index (κ3) is 1.82. The quantitative estimate of drug-likeness (QED) is 0.709. The highest BCUT2D eigenvalue weighted by Crippen LogP contribution is 2.53. The first-order valence-corrected chi connectivity index (χ1v) is 6.91. The molecule has 1 nitrogen and oxygen atoms in total. The Kier molecular flexibility index (Phi) is 2.78. The zero-order valence-corrected chi connectivity index (χ0v) is 10.5. The fourth-order valence-electron chi connectivity index (χ4n) is 3.89. The van der Waals surface area contributed by atoms with Gasteiger partial charge < -0.3 is 0 Å². The third-order valence-corrected chi connectivity index (χ3v) is 4.72. The predicted molar refractivity (Wildman–Crippen MR) is 69.3 cm³/mol. The van der Waals surface area contributed by atoms with Gasteiger partial charge in [-0.1, -0.05) is 37.6 Å². The Morgan fingerprint density at radius 2 is 2.06 bits per heavy atom. The fraction of sp³-hybridized carbons (Fsp3) is 0.562. The van der Waals surface area contributed by atoms with E-state index in [0.717, 1.165) is 17.4 Å². The van der Waals surface area contributed by atoms with Crippen molar-refractivity contribution < 1.29 is 4.79 Å². The molecule has 3 unspecified atom stereocenters. The van der Waals surface area contributed by atoms with Gasteiger partial charge in [-0.3, -0.25) is 4.79 Å². The van der Waals surface area contributed by atoms with Crippen molar-refractivity contribution in [3.8, 4) is 0 Å². The SMILES string of the molecule is CCC(=O)c1ccccc1C1CC2CCC1C2. The molecular weight excluding hydrogens is 208 g/mol. The van der Waals surface area contributed by atoms with Crippen LogP contribution >= 0.6 is 0 Å². The van der Waals surface area contributed by atoms with Crippen LogP contribution in [0.25, 0.3) is 0 Å². The molecule has 2 fully saturated rings. The zero-order chi connectivity index (χ0) is 11.8. The van der Waals surface area contributed by atoms with E-state index in [1.54, 1.807) is 0 Å². The number of benzene rings is 1. The lowest BCUT2D eigenvalue weighted by Crippen LogP contribution is -2.13. The molecule has 0 N–H and O–H groups in total. The summed E-state index contributed by atoms with van der Waals surface area (Å²) < 4.78 is 0. The average molecular weight is 228 g/mol. The van der Waals surface area contributed by atoms with E-state index in [2.05, 4.69) is 12.1 Å². The van der Waals surface area contributed by atoms with Crippen molar-refractivity contribution in [2.45, 2.75) is 44.9 Å². The van der Waals surface area contributed by atoms with Crippen LogP contribution in [0.1, 0.15) is 60.9 Å². The number of ketones is 1. The van der Waals surface area contributed by atoms with Crippen LogP contribution in [-0.4, -0.2) is 5.78 Å². The monoisotopic (exact) mass is 228 g/mol. The Labute approximate surface area is 103 Å². The molecule has 2 aliphatic carbocycles. The molecule has 2 bridgehead atoms. The van der Waals surface area contributed by atoms with E-state index in [9.17, 15) is 4.79 Å². The summed E-state index contributed by atoms with van der Waals surface area (Å²) >= 11 is 0. The van der Waals surface area contributed by atoms with Gasteiger partial charge in [-0.25, -0.2) is 0 Å². The lowest BCUT2D eigenvalue weighted by molar-refractivity contribution is 0.0986. The molecule has 0 aliphatic heterocycles. The Morgan fingerprint density at radius 1 is 1.24 bits per heavy atom. The summed E-state index contributed by atoms with van der Waals surface area (Å²) in [5.74, 6) is 2.77. The molecule has 0 heterocycles. The first-order valence-electron chi connectivity index (χ1n) is 6.91. The van der Waals surface area contributed by atoms with E-state index < -0.39 is 0 Å². The van der Waals surface area contributed by atoms with Crippen molar-refractivity contribution in [3.63, 3.8) is 0 Å². The smallest absolute Gasteiger partial charge is 0.162 e. The van der Waals surface area contributed by atoms with Crippen molar-refractivity contribution in [1.82, 2.24) is 0 Å². The molecule has 0 spiro atoms. The van der Waals surface area contributed by atoms with Crippen molar-refractivity contribution in [2.75, 3.05) is 0 Å². The molecule has 2 aliphatic rings. The summed E-state index contributed by atoms with van der Waals surface area (Å²) in [6.07, 6.45) is 6.14. The third-order valence-electron chi connectivity index (χ3n) is 4.72. The normalized spacial score (nSPS) is 30.8. The van der Waals surface area contributed by atoms with Gasteiger partial charge in [-0.2, -0.15) is 0 Å². The van der Waals surface area contributed by atoms with Crippen molar-refractivity contribution >= 4 is 5.78 Å². The first kappa shape index (κ1) is 11.0. The van der Waals surface area contributed by atoms with E-state index in [1.165, 1.54) is 31.2 Å². The maximum atomic E-state index is 12.0. The number of rotatable bonds is 3. The van der Waals surface area contributed by atoms with Crippen molar-refractivity contribution in [3.05, 3.63) is 35.4 Å². The molecule has 2 saturated carbocycles. The maximum absolute atomic E-state index is 12.0. The van der Waals surface area contributed by atoms with Crippen LogP contribution in [0.15, 0.2) is 24.3 Å². The Bertz CT molecular complexity index is 435. The van der Waals surface area contributed by atoms with E-state index in [-0.39, 0.29) is 0 Å². The Morgan fingerprint density at radius 3 is 2.71 bits per heavy atom. The Balaban J connectivity index is 1.95. The minimum absolute atomic E-state index is 0.309. The topological polar surface area (TPSA) is 17.1 Å². The number of Topliss-reactive ketones (excluding diaryl/α,β-unsaturated/α-hetero) is 1. The second-order valence-corrected chi connectivity index (χ2v) is 5.65. The van der Waals surface area contributed by atoms with E-state index in [4.69, 9.17) is 0 Å². The van der Waals surface area contributed by atoms with Gasteiger partial charge in [0.15, 0.2) is 5.78 Å². The lowest BCUT2D eigenvalue weighted by Gasteiger charge is -2.24. The lowest BCUT2D eigenvalue weighted by atomic mass is 9.80. The number of hydrogen-bond acceptors (Lipinski definition) is 1. The van der Waals surface area contributed by atoms with Crippen molar-refractivity contribution in [2.24, 2.45) is 11.8 Å². The highest BCUT2D eigenvalue weighted by atomic mass is 16.1. The van der Waals surface area contributed by atoms with E-state index in [0.29, 0.717) is 18.1 Å². The van der Waals surface area contributed by atoms with Gasteiger partial charge in [0.05, 0.1) is 0 Å². The average Bonchev–Trinajstić information content (AvgIpc) is 3.00. The van der Waals surface area contributed by atoms with Gasteiger partial charge in [0.25, 0.3) is 0 Å². The molecule has 3 atom stereocenters. The second kappa shape index (κ2) is 4.29. The van der Waals surface area contributed by atoms with E-state index in [1.807, 2.05) is 19.1 Å². The van der Waals surface area contributed by atoms with Crippen LogP contribution in [0.5, 0.6) is 0 Å². The summed E-state index contributed by atoms with van der Waals surface area (Å²) in [5.41, 5.74) is 2.33. The van der Waals surface area contributed by atoms with Gasteiger partial charge >= 0.3 is 0 Å². The number of carbonyl (C=O) groups is 1. The molecule has 0 radical (unpaired) electrons. The zero-order valence-electron chi connectivity index (χ0n) is 10.5. The van der Waals surface area contributed by atoms with Gasteiger partial charge in [0.2, 0.25) is 0 Å². The predicted octanol–water partition coefficient (Wildman–Crippen LogP) is 4.18. The standard InChI is InChI=1S/C16H20O/c1-2-16(17)14-6-4-3-5-13(14)15-10-11-7-8-12(15)9-11/h3-6,11-12,15H,2,7-10H2,1H3. The van der Waals surface area contributed by atoms with Gasteiger partial charge in [-0.15, -0.1) is 0 Å². The maximum Gasteiger partial charge on any atom is 0.162 e. The Hall–Kier alpha value is -1.11. The fourth-order valence-corrected chi connectivity index (χ4v) is 3.89. The molecule has 1 aromatic carbocycles. The highest BCUT2D eigenvalue weighted by Gasteiger charge is 2.41. The van der Waals surface area contributed by atoms with Crippen LogP contribution in [0.4, 0.5) is 0 Å². The molecule has 0 amide bonds. The first-order chi connectivity index (χ1) is 8.29. The number of carbonyl (C=O) groups excluding carboxylic acids is 1. The molecule has 3 rings (SSSR count). The largest absolute Gasteiger partial charge is 0.294 e. The summed E-state index contributed by atoms with van der Waals surface area (Å²) in [5, 5.41) is 0. The van der Waals surface area contributed by atoms with Crippen LogP contribution in [0.2, 0.25) is 0 Å². The number of fused-ring (bicyclic) bond motifs is 2. The molecule has 0 saturated heterocycles. The van der Waals surface area contributed by atoms with Gasteiger partial charge in [0, 0.05) is 12.0 Å². The molecule has 17 heavy (non-hydrogen) atoms. The highest BCUT2D eigenvalue weighted by molar-refractivity contribution is 5.97. The summed E-state index contributed by atoms with van der Waals surface area (Å²) in [4.78, 5) is 12.0. The van der Waals surface area contributed by atoms with Crippen LogP contribution < -0.4 is 0 Å². The van der Waals surface area contributed by atoms with Crippen LogP contribution in [0, 0.1) is 11.8 Å². The van der Waals surface area contributed by atoms with E-state index >= 15 is 0 Å². The van der Waals surface area contributed by atoms with Crippen LogP contribution in [0.3, 0.4) is 0 Å². The van der Waals surface area contributed by atoms with Crippen molar-refractivity contribution in [1.29, 1.82) is 0 Å². The molecule has 0 aromatic heterocycles. The molecule has 90 valence electrons. The summed E-state index contributed by atoms with van der Waals surface area (Å²) in [6.45, 7) is 1.96. The van der Waals surface area contributed by atoms with Gasteiger partial charge in [-0.05, 0) is 42.6 Å². The molecule has 1 aromatic rings.